The van der Waals surface area contributed by atoms with Crippen LogP contribution >= 0.6 is 0 Å². The normalized spacial score (nSPS) is 18.5. The highest BCUT2D eigenvalue weighted by Crippen LogP contribution is 2.26. The molecule has 1 saturated heterocycles. The first-order chi connectivity index (χ1) is 19.7. The highest BCUT2D eigenvalue weighted by molar-refractivity contribution is 7.88. The number of rotatable bonds is 12. The summed E-state index contributed by atoms with van der Waals surface area (Å²) in [5, 5.41) is 11.2. The van der Waals surface area contributed by atoms with Crippen LogP contribution in [0.4, 0.5) is 0 Å². The maximum atomic E-state index is 13.9. The van der Waals surface area contributed by atoms with E-state index in [1.54, 1.807) is 4.90 Å². The summed E-state index contributed by atoms with van der Waals surface area (Å²) >= 11 is 0. The number of sulfonamides is 1. The molecule has 1 fully saturated rings. The Kier molecular flexibility index (Phi) is 11.3. The van der Waals surface area contributed by atoms with Gasteiger partial charge in [0.2, 0.25) is 27.7 Å². The Morgan fingerprint density at radius 1 is 1.19 bits per heavy atom. The number of carbonyl (C=O) groups excluding carboxylic acids is 3. The van der Waals surface area contributed by atoms with Crippen molar-refractivity contribution in [2.75, 3.05) is 32.4 Å². The van der Waals surface area contributed by atoms with Gasteiger partial charge in [0.25, 0.3) is 0 Å². The number of hydrogen-bond donors (Lipinski definition) is 3. The highest BCUT2D eigenvalue weighted by atomic mass is 32.2. The lowest BCUT2D eigenvalue weighted by Gasteiger charge is -2.35. The van der Waals surface area contributed by atoms with Crippen molar-refractivity contribution in [3.05, 3.63) is 47.5 Å². The van der Waals surface area contributed by atoms with Crippen molar-refractivity contribution in [1.29, 1.82) is 5.41 Å². The summed E-state index contributed by atoms with van der Waals surface area (Å²) in [4.78, 5) is 41.9. The van der Waals surface area contributed by atoms with Gasteiger partial charge in [-0.15, -0.1) is 0 Å². The van der Waals surface area contributed by atoms with E-state index in [0.717, 1.165) is 36.7 Å². The second-order valence-electron chi connectivity index (χ2n) is 12.0. The summed E-state index contributed by atoms with van der Waals surface area (Å²) in [5.74, 6) is -1.21. The number of amides is 3. The van der Waals surface area contributed by atoms with Crippen LogP contribution in [0.25, 0.3) is 0 Å². The van der Waals surface area contributed by atoms with Crippen LogP contribution in [0, 0.1) is 10.8 Å². The summed E-state index contributed by atoms with van der Waals surface area (Å²) in [5.41, 5.74) is 6.61. The van der Waals surface area contributed by atoms with E-state index in [1.165, 1.54) is 9.21 Å². The maximum Gasteiger partial charge on any atom is 0.242 e. The lowest BCUT2D eigenvalue weighted by atomic mass is 9.86. The van der Waals surface area contributed by atoms with Crippen molar-refractivity contribution in [1.82, 2.24) is 19.4 Å². The standard InChI is InChI=1S/C30H46N6O5S/c1-5-6-16-30(2,3)28(39)33-29(32)34-18-14-23(15-19-34)21-36(42(4,40)41)25(20-22-11-8-7-9-12-22)27(38)35-17-10-13-24(35)26(31)37/h7-9,11-12,14,24-25H,5-6,10,13,15-21H2,1-4H3,(H2,31,37)(H2,32,33,39)/t24-,25+/m0/s1. The molecule has 232 valence electrons. The number of hydrogen-bond acceptors (Lipinski definition) is 6. The minimum Gasteiger partial charge on any atom is -0.368 e. The Labute approximate surface area is 250 Å². The molecule has 42 heavy (non-hydrogen) atoms. The molecular formula is C30H46N6O5S. The molecule has 4 N–H and O–H groups in total. The van der Waals surface area contributed by atoms with Crippen molar-refractivity contribution in [2.45, 2.75) is 77.8 Å². The number of carbonyl (C=O) groups is 3. The molecule has 2 aliphatic rings. The highest BCUT2D eigenvalue weighted by Gasteiger charge is 2.41. The third kappa shape index (κ3) is 8.64. The minimum absolute atomic E-state index is 0.00866. The van der Waals surface area contributed by atoms with Gasteiger partial charge >= 0.3 is 0 Å². The molecule has 2 atom stereocenters. The van der Waals surface area contributed by atoms with E-state index in [0.29, 0.717) is 38.9 Å². The first-order valence-electron chi connectivity index (χ1n) is 14.7. The SMILES string of the molecule is CCCCC(C)(C)C(=O)NC(=N)N1CC=C(CN([C@H](Cc2ccccc2)C(=O)N2CCC[C@H]2C(N)=O)S(C)(=O)=O)CC1. The van der Waals surface area contributed by atoms with Crippen LogP contribution in [0.1, 0.15) is 64.9 Å². The predicted molar refractivity (Wildman–Crippen MR) is 163 cm³/mol. The van der Waals surface area contributed by atoms with Crippen molar-refractivity contribution in [3.63, 3.8) is 0 Å². The van der Waals surface area contributed by atoms with Gasteiger partial charge in [0, 0.05) is 31.6 Å². The average Bonchev–Trinajstić information content (AvgIpc) is 3.44. The largest absolute Gasteiger partial charge is 0.368 e. The van der Waals surface area contributed by atoms with Gasteiger partial charge in [-0.3, -0.25) is 25.1 Å². The van der Waals surface area contributed by atoms with Crippen molar-refractivity contribution < 1.29 is 22.8 Å². The van der Waals surface area contributed by atoms with Gasteiger partial charge in [-0.2, -0.15) is 4.31 Å². The quantitative estimate of drug-likeness (QED) is 0.189. The molecule has 11 nitrogen and oxygen atoms in total. The third-order valence-corrected chi connectivity index (χ3v) is 9.41. The molecule has 0 bridgehead atoms. The molecule has 0 spiro atoms. The number of primary amides is 1. The first kappa shape index (κ1) is 33.3. The van der Waals surface area contributed by atoms with Gasteiger partial charge in [-0.05, 0) is 37.7 Å². The van der Waals surface area contributed by atoms with Crippen molar-refractivity contribution >= 4 is 33.7 Å². The van der Waals surface area contributed by atoms with E-state index in [9.17, 15) is 22.8 Å². The minimum atomic E-state index is -3.85. The molecule has 2 aliphatic heterocycles. The van der Waals surface area contributed by atoms with Crippen LogP contribution in [-0.2, 0) is 30.8 Å². The van der Waals surface area contributed by atoms with E-state index in [4.69, 9.17) is 11.1 Å². The number of benzene rings is 1. The lowest BCUT2D eigenvalue weighted by Crippen LogP contribution is -2.55. The van der Waals surface area contributed by atoms with E-state index in [-0.39, 0.29) is 24.8 Å². The zero-order valence-electron chi connectivity index (χ0n) is 25.3. The Bertz CT molecular complexity index is 1280. The van der Waals surface area contributed by atoms with Gasteiger partial charge in [0.1, 0.15) is 12.1 Å². The Morgan fingerprint density at radius 3 is 2.45 bits per heavy atom. The van der Waals surface area contributed by atoms with Gasteiger partial charge in [0.15, 0.2) is 5.96 Å². The molecule has 12 heteroatoms. The summed E-state index contributed by atoms with van der Waals surface area (Å²) in [6.45, 7) is 6.92. The summed E-state index contributed by atoms with van der Waals surface area (Å²) in [7, 11) is -3.85. The second-order valence-corrected chi connectivity index (χ2v) is 13.9. The van der Waals surface area contributed by atoms with Crippen LogP contribution in [0.5, 0.6) is 0 Å². The number of nitrogens with one attached hydrogen (secondary N) is 2. The van der Waals surface area contributed by atoms with Crippen LogP contribution < -0.4 is 11.1 Å². The molecule has 1 aromatic rings. The van der Waals surface area contributed by atoms with E-state index >= 15 is 0 Å². The van der Waals surface area contributed by atoms with E-state index in [1.807, 2.05) is 50.3 Å². The van der Waals surface area contributed by atoms with Crippen molar-refractivity contribution in [2.24, 2.45) is 11.1 Å². The molecule has 0 radical (unpaired) electrons. The van der Waals surface area contributed by atoms with E-state index < -0.39 is 39.3 Å². The molecule has 0 aliphatic carbocycles. The van der Waals surface area contributed by atoms with Gasteiger partial charge in [-0.1, -0.05) is 75.6 Å². The zero-order chi connectivity index (χ0) is 31.1. The monoisotopic (exact) mass is 602 g/mol. The Balaban J connectivity index is 1.79. The van der Waals surface area contributed by atoms with Crippen LogP contribution in [-0.4, -0.2) is 90.7 Å². The number of nitrogens with zero attached hydrogens (tertiary/aromatic N) is 3. The molecule has 1 aromatic carbocycles. The summed E-state index contributed by atoms with van der Waals surface area (Å²) < 4.78 is 27.6. The second kappa shape index (κ2) is 14.3. The smallest absolute Gasteiger partial charge is 0.242 e. The summed E-state index contributed by atoms with van der Waals surface area (Å²) in [6, 6.07) is 7.40. The van der Waals surface area contributed by atoms with Crippen LogP contribution in [0.3, 0.4) is 0 Å². The topological polar surface area (TPSA) is 157 Å². The molecule has 0 aromatic heterocycles. The Morgan fingerprint density at radius 2 is 1.88 bits per heavy atom. The van der Waals surface area contributed by atoms with Gasteiger partial charge < -0.3 is 15.5 Å². The van der Waals surface area contributed by atoms with Crippen LogP contribution in [0.2, 0.25) is 0 Å². The van der Waals surface area contributed by atoms with E-state index in [2.05, 4.69) is 12.2 Å². The Hall–Kier alpha value is -3.25. The molecule has 3 rings (SSSR count). The fourth-order valence-corrected chi connectivity index (χ4v) is 6.50. The number of unbranched alkanes of at least 4 members (excludes halogenated alkanes) is 1. The zero-order valence-corrected chi connectivity index (χ0v) is 26.1. The number of guanidine groups is 1. The third-order valence-electron chi connectivity index (χ3n) is 8.18. The molecule has 0 unspecified atom stereocenters. The van der Waals surface area contributed by atoms with Crippen molar-refractivity contribution in [3.8, 4) is 0 Å². The first-order valence-corrected chi connectivity index (χ1v) is 16.5. The molecule has 0 saturated carbocycles. The van der Waals surface area contributed by atoms with Gasteiger partial charge in [0.05, 0.1) is 6.26 Å². The number of nitrogens with two attached hydrogens (primary N) is 1. The fourth-order valence-electron chi connectivity index (χ4n) is 5.47. The van der Waals surface area contributed by atoms with Crippen LogP contribution in [0.15, 0.2) is 42.0 Å². The number of likely N-dealkylation sites (tertiary alicyclic amines) is 1. The molecule has 2 heterocycles. The van der Waals surface area contributed by atoms with Gasteiger partial charge in [-0.25, -0.2) is 8.42 Å². The molecule has 3 amide bonds. The average molecular weight is 603 g/mol. The maximum absolute atomic E-state index is 13.9. The lowest BCUT2D eigenvalue weighted by molar-refractivity contribution is -0.140. The summed E-state index contributed by atoms with van der Waals surface area (Å²) in [6.07, 6.45) is 7.28. The fraction of sp³-hybridized carbons (Fsp3) is 0.600. The predicted octanol–water partition coefficient (Wildman–Crippen LogP) is 2.24. The molecular weight excluding hydrogens is 556 g/mol.